The summed E-state index contributed by atoms with van der Waals surface area (Å²) in [5, 5.41) is 8.42. The molecule has 0 radical (unpaired) electrons. The monoisotopic (exact) mass is 625 g/mol. The van der Waals surface area contributed by atoms with E-state index in [1.807, 2.05) is 13.1 Å². The predicted molar refractivity (Wildman–Crippen MR) is 164 cm³/mol. The lowest BCUT2D eigenvalue weighted by molar-refractivity contribution is 0.147. The molecule has 13 nitrogen and oxygen atoms in total. The number of hydrogen-bond donors (Lipinski definition) is 1. The SMILES string of the molecule is Cc1nc(CN2CCN(C)CC2)ccc1-n1cc(-c2nc(NC3CCN(S(=O)(=O)c4cn(C)cn4)CC3)ncc2Cl)cn1. The molecule has 0 bridgehead atoms. The lowest BCUT2D eigenvalue weighted by Gasteiger charge is -2.32. The molecule has 15 heteroatoms. The minimum Gasteiger partial charge on any atom is -0.351 e. The molecule has 6 heterocycles. The van der Waals surface area contributed by atoms with Gasteiger partial charge in [0.25, 0.3) is 10.0 Å². The number of piperazine rings is 1. The van der Waals surface area contributed by atoms with Gasteiger partial charge in [-0.3, -0.25) is 9.88 Å². The first-order valence-electron chi connectivity index (χ1n) is 14.4. The first kappa shape index (κ1) is 29.6. The third kappa shape index (κ3) is 6.58. The molecule has 2 saturated heterocycles. The van der Waals surface area contributed by atoms with Crippen molar-refractivity contribution in [1.29, 1.82) is 0 Å². The number of piperidine rings is 1. The number of pyridine rings is 1. The molecule has 228 valence electrons. The summed E-state index contributed by atoms with van der Waals surface area (Å²) in [5.74, 6) is 0.435. The van der Waals surface area contributed by atoms with Crippen molar-refractivity contribution < 1.29 is 8.42 Å². The molecule has 2 aliphatic rings. The molecule has 43 heavy (non-hydrogen) atoms. The van der Waals surface area contributed by atoms with Crippen molar-refractivity contribution in [2.45, 2.75) is 37.4 Å². The van der Waals surface area contributed by atoms with Gasteiger partial charge < -0.3 is 14.8 Å². The molecular weight excluding hydrogens is 590 g/mol. The molecule has 0 spiro atoms. The molecule has 0 aliphatic carbocycles. The summed E-state index contributed by atoms with van der Waals surface area (Å²) in [7, 11) is 0.293. The molecule has 0 atom stereocenters. The topological polar surface area (TPSA) is 130 Å². The number of aromatic nitrogens is 7. The van der Waals surface area contributed by atoms with Crippen LogP contribution in [0.5, 0.6) is 0 Å². The first-order chi connectivity index (χ1) is 20.7. The smallest absolute Gasteiger partial charge is 0.262 e. The number of sulfonamides is 1. The van der Waals surface area contributed by atoms with Gasteiger partial charge in [0.2, 0.25) is 5.95 Å². The van der Waals surface area contributed by atoms with E-state index in [4.69, 9.17) is 21.6 Å². The normalized spacial score (nSPS) is 17.9. The lowest BCUT2D eigenvalue weighted by Crippen LogP contribution is -2.44. The molecule has 0 aromatic carbocycles. The maximum absolute atomic E-state index is 12.9. The number of nitrogens with zero attached hydrogens (tertiary/aromatic N) is 10. The molecule has 0 amide bonds. The van der Waals surface area contributed by atoms with Gasteiger partial charge in [-0.15, -0.1) is 0 Å². The molecule has 4 aromatic heterocycles. The average Bonchev–Trinajstić information content (AvgIpc) is 3.66. The van der Waals surface area contributed by atoms with E-state index in [2.05, 4.69) is 49.4 Å². The summed E-state index contributed by atoms with van der Waals surface area (Å²) in [6, 6.07) is 4.14. The fourth-order valence-electron chi connectivity index (χ4n) is 5.46. The number of anilines is 1. The maximum Gasteiger partial charge on any atom is 0.262 e. The minimum absolute atomic E-state index is 0.0185. The second-order valence-corrected chi connectivity index (χ2v) is 13.5. The number of imidazole rings is 1. The standard InChI is InChI=1S/C28H36ClN11O2S/c1-20-25(5-4-23(33-20)17-38-12-10-36(2)11-13-38)40-16-21(14-32-40)27-24(29)15-30-28(35-27)34-22-6-8-39(9-7-22)43(41,42)26-18-37(3)19-31-26/h4-5,14-16,18-19,22H,6-13,17H2,1-3H3,(H,30,34,35). The Morgan fingerprint density at radius 1 is 0.977 bits per heavy atom. The number of nitrogens with one attached hydrogen (secondary N) is 1. The fourth-order valence-corrected chi connectivity index (χ4v) is 7.10. The van der Waals surface area contributed by atoms with Crippen molar-refractivity contribution in [2.24, 2.45) is 7.05 Å². The van der Waals surface area contributed by atoms with Gasteiger partial charge in [-0.05, 0) is 38.9 Å². The van der Waals surface area contributed by atoms with Crippen molar-refractivity contribution >= 4 is 27.6 Å². The Bertz CT molecular complexity index is 1690. The van der Waals surface area contributed by atoms with Crippen molar-refractivity contribution in [3.8, 4) is 16.9 Å². The number of halogens is 1. The van der Waals surface area contributed by atoms with E-state index < -0.39 is 10.0 Å². The molecule has 1 N–H and O–H groups in total. The van der Waals surface area contributed by atoms with Crippen LogP contribution in [0.25, 0.3) is 16.9 Å². The molecule has 6 rings (SSSR count). The highest BCUT2D eigenvalue weighted by Gasteiger charge is 2.31. The third-order valence-electron chi connectivity index (χ3n) is 8.02. The van der Waals surface area contributed by atoms with Gasteiger partial charge in [0.05, 0.1) is 46.5 Å². The van der Waals surface area contributed by atoms with Crippen LogP contribution in [0.3, 0.4) is 0 Å². The van der Waals surface area contributed by atoms with Crippen molar-refractivity contribution in [1.82, 2.24) is 48.4 Å². The molecular formula is C28H36ClN11O2S. The summed E-state index contributed by atoms with van der Waals surface area (Å²) in [5.41, 5.74) is 4.16. The average molecular weight is 626 g/mol. The minimum atomic E-state index is -3.61. The summed E-state index contributed by atoms with van der Waals surface area (Å²) < 4.78 is 30.7. The largest absolute Gasteiger partial charge is 0.351 e. The Morgan fingerprint density at radius 2 is 1.74 bits per heavy atom. The van der Waals surface area contributed by atoms with Crippen LogP contribution in [-0.4, -0.2) is 109 Å². The van der Waals surface area contributed by atoms with Crippen LogP contribution >= 0.6 is 11.6 Å². The highest BCUT2D eigenvalue weighted by Crippen LogP contribution is 2.28. The Hall–Kier alpha value is -3.43. The molecule has 0 unspecified atom stereocenters. The van der Waals surface area contributed by atoms with Crippen LogP contribution in [0.2, 0.25) is 5.02 Å². The lowest BCUT2D eigenvalue weighted by atomic mass is 10.1. The number of aryl methyl sites for hydroxylation is 2. The summed E-state index contributed by atoms with van der Waals surface area (Å²) >= 11 is 6.52. The van der Waals surface area contributed by atoms with E-state index >= 15 is 0 Å². The van der Waals surface area contributed by atoms with Gasteiger partial charge in [-0.2, -0.15) is 9.40 Å². The quantitative estimate of drug-likeness (QED) is 0.312. The van der Waals surface area contributed by atoms with Crippen LogP contribution in [-0.2, 0) is 23.6 Å². The Morgan fingerprint density at radius 3 is 2.44 bits per heavy atom. The van der Waals surface area contributed by atoms with Crippen molar-refractivity contribution in [3.63, 3.8) is 0 Å². The zero-order valence-electron chi connectivity index (χ0n) is 24.6. The van der Waals surface area contributed by atoms with Crippen LogP contribution in [0, 0.1) is 6.92 Å². The van der Waals surface area contributed by atoms with Gasteiger partial charge in [0, 0.05) is 76.9 Å². The predicted octanol–water partition coefficient (Wildman–Crippen LogP) is 2.43. The third-order valence-corrected chi connectivity index (χ3v) is 10.1. The van der Waals surface area contributed by atoms with Gasteiger partial charge in [-0.1, -0.05) is 11.6 Å². The number of likely N-dealkylation sites (N-methyl/N-ethyl adjacent to an activating group) is 1. The van der Waals surface area contributed by atoms with E-state index in [0.717, 1.165) is 55.4 Å². The van der Waals surface area contributed by atoms with Crippen LogP contribution in [0.4, 0.5) is 5.95 Å². The fraction of sp³-hybridized carbons (Fsp3) is 0.464. The van der Waals surface area contributed by atoms with Gasteiger partial charge in [-0.25, -0.2) is 28.1 Å². The Labute approximate surface area is 256 Å². The number of hydrogen-bond acceptors (Lipinski definition) is 10. The van der Waals surface area contributed by atoms with Crippen LogP contribution < -0.4 is 5.32 Å². The van der Waals surface area contributed by atoms with Gasteiger partial charge in [0.1, 0.15) is 0 Å². The Kier molecular flexibility index (Phi) is 8.47. The summed E-state index contributed by atoms with van der Waals surface area (Å²) in [6.07, 6.45) is 9.44. The molecule has 4 aromatic rings. The highest BCUT2D eigenvalue weighted by atomic mass is 35.5. The molecule has 2 aliphatic heterocycles. The zero-order valence-corrected chi connectivity index (χ0v) is 26.1. The zero-order chi connectivity index (χ0) is 30.1. The highest BCUT2D eigenvalue weighted by molar-refractivity contribution is 7.89. The van der Waals surface area contributed by atoms with Crippen LogP contribution in [0.1, 0.15) is 24.2 Å². The van der Waals surface area contributed by atoms with Crippen LogP contribution in [0.15, 0.2) is 48.3 Å². The van der Waals surface area contributed by atoms with Gasteiger partial charge in [0.15, 0.2) is 5.03 Å². The van der Waals surface area contributed by atoms with E-state index in [1.54, 1.807) is 28.7 Å². The van der Waals surface area contributed by atoms with E-state index in [-0.39, 0.29) is 11.1 Å². The van der Waals surface area contributed by atoms with Crippen molar-refractivity contribution in [2.75, 3.05) is 51.6 Å². The second kappa shape index (κ2) is 12.3. The van der Waals surface area contributed by atoms with E-state index in [9.17, 15) is 8.42 Å². The first-order valence-corrected chi connectivity index (χ1v) is 16.2. The van der Waals surface area contributed by atoms with Gasteiger partial charge >= 0.3 is 0 Å². The van der Waals surface area contributed by atoms with E-state index in [0.29, 0.717) is 42.6 Å². The summed E-state index contributed by atoms with van der Waals surface area (Å²) in [6.45, 7) is 7.84. The second-order valence-electron chi connectivity index (χ2n) is 11.3. The van der Waals surface area contributed by atoms with Crippen molar-refractivity contribution in [3.05, 3.63) is 59.7 Å². The summed E-state index contributed by atoms with van der Waals surface area (Å²) in [4.78, 5) is 22.7. The number of rotatable bonds is 8. The molecule has 2 fully saturated rings. The van der Waals surface area contributed by atoms with E-state index in [1.165, 1.54) is 16.8 Å². The molecule has 0 saturated carbocycles. The Balaban J connectivity index is 1.10. The maximum atomic E-state index is 12.9.